The summed E-state index contributed by atoms with van der Waals surface area (Å²) in [6.45, 7) is 3.67. The van der Waals surface area contributed by atoms with Crippen molar-refractivity contribution in [2.75, 3.05) is 33.4 Å². The van der Waals surface area contributed by atoms with Gasteiger partial charge < -0.3 is 19.1 Å². The summed E-state index contributed by atoms with van der Waals surface area (Å²) in [5, 5.41) is 1.19. The summed E-state index contributed by atoms with van der Waals surface area (Å²) in [4.78, 5) is 32.0. The van der Waals surface area contributed by atoms with Crippen LogP contribution >= 0.6 is 11.6 Å². The Hall–Kier alpha value is -4.37. The zero-order valence-electron chi connectivity index (χ0n) is 27.6. The minimum atomic E-state index is -0.909. The van der Waals surface area contributed by atoms with Crippen molar-refractivity contribution in [3.8, 4) is 11.1 Å². The molecular weight excluding hydrogens is 644 g/mol. The highest BCUT2D eigenvalue weighted by Gasteiger charge is 2.29. The highest BCUT2D eigenvalue weighted by atomic mass is 35.5. The third-order valence-corrected chi connectivity index (χ3v) is 9.75. The topological polar surface area (TPSA) is 54.8 Å². The first-order chi connectivity index (χ1) is 23.8. The maximum Gasteiger partial charge on any atom is 0.243 e. The minimum Gasteiger partial charge on any atom is -0.383 e. The normalized spacial score (nSPS) is 14.0. The summed E-state index contributed by atoms with van der Waals surface area (Å²) in [5.74, 6) is -1.86. The fourth-order valence-electron chi connectivity index (χ4n) is 6.74. The molecule has 0 atom stereocenters. The fraction of sp³-hybridized carbons (Fsp3) is 0.300. The van der Waals surface area contributed by atoms with Gasteiger partial charge in [0, 0.05) is 61.5 Å². The number of halogens is 3. The summed E-state index contributed by atoms with van der Waals surface area (Å²) >= 11 is 6.09. The van der Waals surface area contributed by atoms with Gasteiger partial charge in [-0.2, -0.15) is 0 Å². The molecule has 4 aromatic carbocycles. The maximum atomic E-state index is 14.6. The molecule has 0 saturated carbocycles. The average molecular weight is 684 g/mol. The number of hydrogen-bond acceptors (Lipinski definition) is 4. The van der Waals surface area contributed by atoms with Crippen LogP contribution in [0.25, 0.3) is 22.0 Å². The SMILES string of the molecule is COCCN1CCC(N(Cc2ccc(-c3ccc(Cl)cc3)cc2)C(=O)Cn2c(CCc3cccc(F)c3F)cc(=O)c3ccccc32)CC1. The molecule has 49 heavy (non-hydrogen) atoms. The number of ether oxygens (including phenoxy) is 1. The maximum absolute atomic E-state index is 14.6. The molecule has 2 heterocycles. The molecule has 1 aliphatic rings. The number of fused-ring (bicyclic) bond motifs is 1. The molecule has 254 valence electrons. The zero-order valence-corrected chi connectivity index (χ0v) is 28.3. The summed E-state index contributed by atoms with van der Waals surface area (Å²) in [6, 6.07) is 28.9. The Labute approximate surface area is 290 Å². The van der Waals surface area contributed by atoms with Crippen LogP contribution in [0.5, 0.6) is 0 Å². The Kier molecular flexibility index (Phi) is 11.2. The van der Waals surface area contributed by atoms with Gasteiger partial charge in [-0.15, -0.1) is 0 Å². The second kappa shape index (κ2) is 15.9. The molecule has 0 bridgehead atoms. The van der Waals surface area contributed by atoms with Gasteiger partial charge in [-0.05, 0) is 78.3 Å². The molecule has 6 nitrogen and oxygen atoms in total. The molecule has 1 fully saturated rings. The van der Waals surface area contributed by atoms with Crippen molar-refractivity contribution >= 4 is 28.4 Å². The first-order valence-electron chi connectivity index (χ1n) is 16.7. The lowest BCUT2D eigenvalue weighted by molar-refractivity contribution is -0.136. The van der Waals surface area contributed by atoms with Crippen molar-refractivity contribution in [3.05, 3.63) is 141 Å². The van der Waals surface area contributed by atoms with Crippen LogP contribution < -0.4 is 5.43 Å². The highest BCUT2D eigenvalue weighted by molar-refractivity contribution is 6.30. The van der Waals surface area contributed by atoms with Crippen molar-refractivity contribution in [3.63, 3.8) is 0 Å². The van der Waals surface area contributed by atoms with Gasteiger partial charge in [-0.3, -0.25) is 9.59 Å². The Bertz CT molecular complexity index is 1960. The van der Waals surface area contributed by atoms with Crippen LogP contribution in [-0.4, -0.2) is 59.7 Å². The van der Waals surface area contributed by atoms with Crippen LogP contribution in [0.15, 0.2) is 102 Å². The number of para-hydroxylation sites is 1. The molecular formula is C40H40ClF2N3O3. The first kappa shape index (κ1) is 34.5. The van der Waals surface area contributed by atoms with E-state index in [2.05, 4.69) is 29.2 Å². The molecule has 0 radical (unpaired) electrons. The second-order valence-electron chi connectivity index (χ2n) is 12.6. The minimum absolute atomic E-state index is 0.00844. The van der Waals surface area contributed by atoms with Crippen LogP contribution in [0.1, 0.15) is 29.7 Å². The van der Waals surface area contributed by atoms with E-state index in [9.17, 15) is 18.4 Å². The Morgan fingerprint density at radius 2 is 1.59 bits per heavy atom. The number of aryl methyl sites for hydroxylation is 2. The summed E-state index contributed by atoms with van der Waals surface area (Å²) in [7, 11) is 1.70. The average Bonchev–Trinajstić information content (AvgIpc) is 3.12. The number of piperidine rings is 1. The van der Waals surface area contributed by atoms with Gasteiger partial charge in [-0.25, -0.2) is 8.78 Å². The number of nitrogens with zero attached hydrogens (tertiary/aromatic N) is 3. The van der Waals surface area contributed by atoms with Crippen molar-refractivity contribution in [2.24, 2.45) is 0 Å². The number of likely N-dealkylation sites (tertiary alicyclic amines) is 1. The quantitative estimate of drug-likeness (QED) is 0.137. The molecule has 5 aromatic rings. The lowest BCUT2D eigenvalue weighted by atomic mass is 10.0. The molecule has 1 aromatic heterocycles. The van der Waals surface area contributed by atoms with E-state index < -0.39 is 11.6 Å². The van der Waals surface area contributed by atoms with E-state index in [1.165, 1.54) is 12.1 Å². The van der Waals surface area contributed by atoms with E-state index in [-0.39, 0.29) is 42.3 Å². The van der Waals surface area contributed by atoms with Crippen LogP contribution in [-0.2, 0) is 35.5 Å². The van der Waals surface area contributed by atoms with Gasteiger partial charge in [-0.1, -0.05) is 72.3 Å². The third-order valence-electron chi connectivity index (χ3n) is 9.49. The van der Waals surface area contributed by atoms with E-state index in [1.807, 2.05) is 45.9 Å². The molecule has 1 saturated heterocycles. The predicted octanol–water partition coefficient (Wildman–Crippen LogP) is 7.52. The van der Waals surface area contributed by atoms with Gasteiger partial charge >= 0.3 is 0 Å². The number of pyridine rings is 1. The zero-order chi connectivity index (χ0) is 34.3. The number of methoxy groups -OCH3 is 1. The molecule has 1 amide bonds. The second-order valence-corrected chi connectivity index (χ2v) is 13.0. The number of amides is 1. The van der Waals surface area contributed by atoms with Crippen LogP contribution in [0, 0.1) is 11.6 Å². The molecule has 9 heteroatoms. The molecule has 1 aliphatic heterocycles. The van der Waals surface area contributed by atoms with E-state index in [1.54, 1.807) is 25.3 Å². The van der Waals surface area contributed by atoms with Crippen molar-refractivity contribution in [1.29, 1.82) is 0 Å². The molecule has 0 aliphatic carbocycles. The monoisotopic (exact) mass is 683 g/mol. The summed E-state index contributed by atoms with van der Waals surface area (Å²) in [5.41, 5.74) is 4.42. The Morgan fingerprint density at radius 3 is 2.31 bits per heavy atom. The van der Waals surface area contributed by atoms with Gasteiger partial charge in [0.15, 0.2) is 17.1 Å². The standard InChI is InChI=1S/C40H40ClF2N3O3/c1-49-24-23-44-21-19-33(20-22-44)46(26-28-9-11-29(12-10-28)30-13-16-32(41)17-14-30)39(48)27-45-34(18-15-31-5-4-7-36(42)40(31)43)25-38(47)35-6-2-3-8-37(35)45/h2-14,16-17,25,33H,15,18-24,26-27H2,1H3. The Balaban J connectivity index is 1.29. The molecule has 0 N–H and O–H groups in total. The van der Waals surface area contributed by atoms with E-state index in [0.717, 1.165) is 55.2 Å². The third kappa shape index (κ3) is 8.27. The fourth-order valence-corrected chi connectivity index (χ4v) is 6.87. The predicted molar refractivity (Wildman–Crippen MR) is 191 cm³/mol. The number of rotatable bonds is 12. The van der Waals surface area contributed by atoms with Gasteiger partial charge in [0.25, 0.3) is 0 Å². The van der Waals surface area contributed by atoms with E-state index in [4.69, 9.17) is 16.3 Å². The van der Waals surface area contributed by atoms with Crippen LogP contribution in [0.3, 0.4) is 0 Å². The lowest BCUT2D eigenvalue weighted by Gasteiger charge is -2.39. The largest absolute Gasteiger partial charge is 0.383 e. The van der Waals surface area contributed by atoms with Crippen molar-refractivity contribution < 1.29 is 18.3 Å². The van der Waals surface area contributed by atoms with Crippen LogP contribution in [0.2, 0.25) is 5.02 Å². The van der Waals surface area contributed by atoms with Crippen molar-refractivity contribution in [1.82, 2.24) is 14.4 Å². The summed E-state index contributed by atoms with van der Waals surface area (Å²) in [6.07, 6.45) is 2.10. The first-order valence-corrected chi connectivity index (χ1v) is 17.1. The summed E-state index contributed by atoms with van der Waals surface area (Å²) < 4.78 is 35.7. The van der Waals surface area contributed by atoms with Gasteiger partial charge in [0.1, 0.15) is 6.54 Å². The molecule has 6 rings (SSSR count). The molecule has 0 unspecified atom stereocenters. The van der Waals surface area contributed by atoms with Crippen LogP contribution in [0.4, 0.5) is 8.78 Å². The smallest absolute Gasteiger partial charge is 0.243 e. The number of benzene rings is 4. The lowest BCUT2D eigenvalue weighted by Crippen LogP contribution is -2.48. The van der Waals surface area contributed by atoms with Crippen molar-refractivity contribution in [2.45, 2.75) is 44.8 Å². The number of carbonyl (C=O) groups excluding carboxylic acids is 1. The van der Waals surface area contributed by atoms with Gasteiger partial charge in [0.2, 0.25) is 5.91 Å². The van der Waals surface area contributed by atoms with E-state index >= 15 is 0 Å². The number of carbonyl (C=O) groups is 1. The van der Waals surface area contributed by atoms with E-state index in [0.29, 0.717) is 34.8 Å². The number of hydrogen-bond donors (Lipinski definition) is 0. The highest BCUT2D eigenvalue weighted by Crippen LogP contribution is 2.25. The Morgan fingerprint density at radius 1 is 0.898 bits per heavy atom. The number of aromatic nitrogens is 1. The molecule has 0 spiro atoms. The van der Waals surface area contributed by atoms with Gasteiger partial charge in [0.05, 0.1) is 12.1 Å².